The van der Waals surface area contributed by atoms with Crippen molar-refractivity contribution in [1.82, 2.24) is 4.90 Å². The predicted molar refractivity (Wildman–Crippen MR) is 68.7 cm³/mol. The van der Waals surface area contributed by atoms with E-state index in [9.17, 15) is 23.1 Å². The fraction of sp³-hybridized carbons (Fsp3) is 0.462. The minimum Gasteiger partial charge on any atom is -0.404 e. The molecule has 0 spiro atoms. The molecule has 21 heavy (non-hydrogen) atoms. The van der Waals surface area contributed by atoms with Crippen LogP contribution in [0.4, 0.5) is 18.9 Å². The summed E-state index contributed by atoms with van der Waals surface area (Å²) in [4.78, 5) is 13.6. The van der Waals surface area contributed by atoms with Crippen LogP contribution < -0.4 is 10.5 Å². The lowest BCUT2D eigenvalue weighted by atomic mass is 10.1. The number of halogens is 3. The number of amides is 1. The zero-order valence-electron chi connectivity index (χ0n) is 11.1. The van der Waals surface area contributed by atoms with Crippen LogP contribution in [0, 0.1) is 0 Å². The second-order valence-electron chi connectivity index (χ2n) is 4.85. The quantitative estimate of drug-likeness (QED) is 0.816. The van der Waals surface area contributed by atoms with Crippen LogP contribution in [-0.4, -0.2) is 41.5 Å². The van der Waals surface area contributed by atoms with Crippen LogP contribution in [0.5, 0.6) is 5.75 Å². The van der Waals surface area contributed by atoms with E-state index in [1.807, 2.05) is 0 Å². The maximum Gasteiger partial charge on any atom is 0.573 e. The molecule has 2 rings (SSSR count). The molecule has 1 heterocycles. The van der Waals surface area contributed by atoms with Crippen LogP contribution in [0.1, 0.15) is 23.2 Å². The van der Waals surface area contributed by atoms with Crippen LogP contribution in [0.2, 0.25) is 0 Å². The molecule has 1 saturated heterocycles. The molecule has 8 heteroatoms. The van der Waals surface area contributed by atoms with Gasteiger partial charge in [0.15, 0.2) is 5.75 Å². The summed E-state index contributed by atoms with van der Waals surface area (Å²) in [5.74, 6) is -0.920. The molecule has 0 saturated carbocycles. The maximum absolute atomic E-state index is 12.2. The second-order valence-corrected chi connectivity index (χ2v) is 4.85. The molecule has 1 aromatic carbocycles. The van der Waals surface area contributed by atoms with Gasteiger partial charge in [-0.25, -0.2) is 0 Å². The average Bonchev–Trinajstić information content (AvgIpc) is 2.39. The third-order valence-electron chi connectivity index (χ3n) is 3.17. The van der Waals surface area contributed by atoms with Gasteiger partial charge >= 0.3 is 6.36 Å². The highest BCUT2D eigenvalue weighted by molar-refractivity contribution is 5.95. The highest BCUT2D eigenvalue weighted by Gasteiger charge is 2.32. The molecule has 3 N–H and O–H groups in total. The zero-order chi connectivity index (χ0) is 15.6. The van der Waals surface area contributed by atoms with Crippen LogP contribution >= 0.6 is 0 Å². The van der Waals surface area contributed by atoms with Gasteiger partial charge in [0.1, 0.15) is 0 Å². The zero-order valence-corrected chi connectivity index (χ0v) is 11.1. The number of nitrogens with two attached hydrogens (primary N) is 1. The Morgan fingerprint density at radius 1 is 1.43 bits per heavy atom. The number of likely N-dealkylation sites (tertiary alicyclic amines) is 1. The molecule has 1 fully saturated rings. The minimum absolute atomic E-state index is 0.163. The third-order valence-corrected chi connectivity index (χ3v) is 3.17. The van der Waals surface area contributed by atoms with E-state index in [1.165, 1.54) is 11.0 Å². The smallest absolute Gasteiger partial charge is 0.404 e. The number of nitrogens with zero attached hydrogens (tertiary/aromatic N) is 1. The molecule has 1 aromatic rings. The minimum atomic E-state index is -4.84. The lowest BCUT2D eigenvalue weighted by Gasteiger charge is -2.30. The van der Waals surface area contributed by atoms with Crippen molar-refractivity contribution in [3.8, 4) is 5.75 Å². The molecule has 1 aliphatic rings. The molecule has 0 aromatic heterocycles. The van der Waals surface area contributed by atoms with Gasteiger partial charge in [-0.2, -0.15) is 0 Å². The van der Waals surface area contributed by atoms with Gasteiger partial charge in [-0.05, 0) is 31.0 Å². The molecule has 1 unspecified atom stereocenters. The van der Waals surface area contributed by atoms with Gasteiger partial charge in [0, 0.05) is 18.7 Å². The molecule has 5 nitrogen and oxygen atoms in total. The first-order valence-corrected chi connectivity index (χ1v) is 6.39. The molecule has 116 valence electrons. The molecule has 1 aliphatic heterocycles. The topological polar surface area (TPSA) is 75.8 Å². The number of aliphatic hydroxyl groups excluding tert-OH is 1. The van der Waals surface area contributed by atoms with Crippen molar-refractivity contribution in [2.45, 2.75) is 25.3 Å². The first kappa shape index (κ1) is 15.4. The molecular formula is C13H15F3N2O3. The van der Waals surface area contributed by atoms with Crippen LogP contribution in [-0.2, 0) is 0 Å². The van der Waals surface area contributed by atoms with Gasteiger partial charge in [0.2, 0.25) is 0 Å². The average molecular weight is 304 g/mol. The van der Waals surface area contributed by atoms with Gasteiger partial charge in [-0.1, -0.05) is 0 Å². The van der Waals surface area contributed by atoms with Crippen molar-refractivity contribution in [2.75, 3.05) is 18.8 Å². The number of carbonyl (C=O) groups is 1. The number of β-amino-alcohol motifs (C(OH)–C–C–N with tert-alkyl or cyclic N) is 1. The number of ether oxygens (including phenoxy) is 1. The highest BCUT2D eigenvalue weighted by atomic mass is 19.4. The Balaban J connectivity index is 2.14. The molecular weight excluding hydrogens is 289 g/mol. The van der Waals surface area contributed by atoms with Gasteiger partial charge < -0.3 is 20.5 Å². The Morgan fingerprint density at radius 2 is 2.14 bits per heavy atom. The second kappa shape index (κ2) is 5.80. The summed E-state index contributed by atoms with van der Waals surface area (Å²) in [5.41, 5.74) is 5.37. The number of piperidine rings is 1. The summed E-state index contributed by atoms with van der Waals surface area (Å²) in [6.07, 6.45) is -4.11. The lowest BCUT2D eigenvalue weighted by Crippen LogP contribution is -2.42. The van der Waals surface area contributed by atoms with Gasteiger partial charge in [0.05, 0.1) is 11.8 Å². The van der Waals surface area contributed by atoms with E-state index in [0.29, 0.717) is 19.4 Å². The molecule has 0 bridgehead atoms. The lowest BCUT2D eigenvalue weighted by molar-refractivity contribution is -0.274. The number of hydrogen-bond donors (Lipinski definition) is 2. The monoisotopic (exact) mass is 304 g/mol. The summed E-state index contributed by atoms with van der Waals surface area (Å²) in [6, 6.07) is 3.38. The summed E-state index contributed by atoms with van der Waals surface area (Å²) < 4.78 is 40.1. The number of nitrogen functional groups attached to an aromatic ring is 1. The number of hydrogen-bond acceptors (Lipinski definition) is 4. The Bertz CT molecular complexity index is 534. The van der Waals surface area contributed by atoms with Crippen LogP contribution in [0.15, 0.2) is 18.2 Å². The van der Waals surface area contributed by atoms with E-state index in [-0.39, 0.29) is 23.7 Å². The fourth-order valence-electron chi connectivity index (χ4n) is 2.22. The largest absolute Gasteiger partial charge is 0.573 e. The fourth-order valence-corrected chi connectivity index (χ4v) is 2.22. The number of carbonyl (C=O) groups excluding carboxylic acids is 1. The summed E-state index contributed by atoms with van der Waals surface area (Å²) in [5, 5.41) is 9.54. The Labute approximate surface area is 119 Å². The Hall–Kier alpha value is -1.96. The molecule has 0 radical (unpaired) electrons. The third kappa shape index (κ3) is 4.01. The number of rotatable bonds is 2. The first-order chi connectivity index (χ1) is 9.76. The predicted octanol–water partition coefficient (Wildman–Crippen LogP) is 1.76. The van der Waals surface area contributed by atoms with E-state index in [4.69, 9.17) is 5.73 Å². The van der Waals surface area contributed by atoms with Crippen molar-refractivity contribution in [1.29, 1.82) is 0 Å². The van der Waals surface area contributed by atoms with E-state index in [2.05, 4.69) is 4.74 Å². The van der Waals surface area contributed by atoms with Crippen LogP contribution in [0.25, 0.3) is 0 Å². The van der Waals surface area contributed by atoms with Crippen molar-refractivity contribution in [3.05, 3.63) is 23.8 Å². The Kier molecular flexibility index (Phi) is 4.26. The maximum atomic E-state index is 12.2. The van der Waals surface area contributed by atoms with Crippen molar-refractivity contribution < 1.29 is 27.8 Å². The standard InChI is InChI=1S/C13H15F3N2O3/c14-13(15,16)21-11-4-3-8(6-10(11)17)12(20)18-5-1-2-9(19)7-18/h3-4,6,9,19H,1-2,5,7,17H2. The van der Waals surface area contributed by atoms with E-state index >= 15 is 0 Å². The first-order valence-electron chi connectivity index (χ1n) is 6.39. The van der Waals surface area contributed by atoms with Crippen molar-refractivity contribution in [2.24, 2.45) is 0 Å². The Morgan fingerprint density at radius 3 is 2.71 bits per heavy atom. The van der Waals surface area contributed by atoms with Crippen molar-refractivity contribution in [3.63, 3.8) is 0 Å². The molecule has 1 amide bonds. The number of benzene rings is 1. The molecule has 1 atom stereocenters. The van der Waals surface area contributed by atoms with E-state index < -0.39 is 18.2 Å². The summed E-state index contributed by atoms with van der Waals surface area (Å²) >= 11 is 0. The normalized spacial score (nSPS) is 19.4. The highest BCUT2D eigenvalue weighted by Crippen LogP contribution is 2.29. The number of anilines is 1. The SMILES string of the molecule is Nc1cc(C(=O)N2CCCC(O)C2)ccc1OC(F)(F)F. The molecule has 0 aliphatic carbocycles. The number of alkyl halides is 3. The van der Waals surface area contributed by atoms with Gasteiger partial charge in [-0.3, -0.25) is 4.79 Å². The van der Waals surface area contributed by atoms with E-state index in [1.54, 1.807) is 0 Å². The number of aliphatic hydroxyl groups is 1. The summed E-state index contributed by atoms with van der Waals surface area (Å²) in [6.45, 7) is 0.705. The van der Waals surface area contributed by atoms with Crippen LogP contribution in [0.3, 0.4) is 0 Å². The van der Waals surface area contributed by atoms with Crippen molar-refractivity contribution >= 4 is 11.6 Å². The van der Waals surface area contributed by atoms with E-state index in [0.717, 1.165) is 12.1 Å². The van der Waals surface area contributed by atoms with Gasteiger partial charge in [-0.15, -0.1) is 13.2 Å². The summed E-state index contributed by atoms with van der Waals surface area (Å²) in [7, 11) is 0. The van der Waals surface area contributed by atoms with Gasteiger partial charge in [0.25, 0.3) is 5.91 Å².